The summed E-state index contributed by atoms with van der Waals surface area (Å²) in [7, 11) is 0. The maximum Gasteiger partial charge on any atom is 0.0206 e. The second-order valence-corrected chi connectivity index (χ2v) is 9.35. The van der Waals surface area contributed by atoms with Crippen LogP contribution in [0.5, 0.6) is 0 Å². The van der Waals surface area contributed by atoms with Crippen LogP contribution in [0.25, 0.3) is 0 Å². The van der Waals surface area contributed by atoms with Gasteiger partial charge in [0.25, 0.3) is 0 Å². The van der Waals surface area contributed by atoms with Crippen molar-refractivity contribution in [3.8, 4) is 0 Å². The first-order valence-corrected chi connectivity index (χ1v) is 13.7. The van der Waals surface area contributed by atoms with Crippen molar-refractivity contribution in [1.29, 1.82) is 0 Å². The van der Waals surface area contributed by atoms with Crippen LogP contribution in [0.2, 0.25) is 0 Å². The van der Waals surface area contributed by atoms with E-state index in [2.05, 4.69) is 91.1 Å². The molecule has 0 spiro atoms. The van der Waals surface area contributed by atoms with Crippen LogP contribution in [0.3, 0.4) is 0 Å². The van der Waals surface area contributed by atoms with Gasteiger partial charge in [-0.25, -0.2) is 0 Å². The Balaban J connectivity index is 1.36. The van der Waals surface area contributed by atoms with Crippen molar-refractivity contribution in [2.24, 2.45) is 0 Å². The highest BCUT2D eigenvalue weighted by atomic mass is 15.0. The standard InChI is InChI=1S/C28H48N8/c1-3-25-19-26(4-1)22-34-16-12-30-8-10-32-14-18-36-24-28-6-2-5-27(20-28)23-35-17-13-31-9-7-29-11-15-33-21-25/h1-6,19-20,29-36H,7-18,21-24H2. The molecule has 2 aromatic rings. The molecule has 1 aliphatic heterocycles. The van der Waals surface area contributed by atoms with Gasteiger partial charge in [0.15, 0.2) is 0 Å². The van der Waals surface area contributed by atoms with E-state index in [0.29, 0.717) is 0 Å². The number of hydrogen-bond donors (Lipinski definition) is 8. The number of hydrogen-bond acceptors (Lipinski definition) is 8. The van der Waals surface area contributed by atoms with Crippen molar-refractivity contribution in [1.82, 2.24) is 42.5 Å². The first kappa shape index (κ1) is 28.7. The van der Waals surface area contributed by atoms with Gasteiger partial charge in [0.05, 0.1) is 0 Å². The van der Waals surface area contributed by atoms with Gasteiger partial charge in [0, 0.05) is 105 Å². The molecule has 8 heteroatoms. The summed E-state index contributed by atoms with van der Waals surface area (Å²) in [6, 6.07) is 17.7. The SMILES string of the molecule is c1cc2cc(c1)CNCCNCCNCCNCc1cccc(c1)CNCCNCCNCCNC2. The summed E-state index contributed by atoms with van der Waals surface area (Å²) in [5.74, 6) is 0. The summed E-state index contributed by atoms with van der Waals surface area (Å²) in [5.41, 5.74) is 5.36. The van der Waals surface area contributed by atoms with E-state index in [-0.39, 0.29) is 0 Å². The molecule has 8 N–H and O–H groups in total. The average Bonchev–Trinajstić information content (AvgIpc) is 2.90. The Morgan fingerprint density at radius 1 is 0.306 bits per heavy atom. The first-order valence-electron chi connectivity index (χ1n) is 13.7. The third kappa shape index (κ3) is 13.4. The fourth-order valence-corrected chi connectivity index (χ4v) is 4.19. The van der Waals surface area contributed by atoms with E-state index in [1.807, 2.05) is 0 Å². The van der Waals surface area contributed by atoms with E-state index in [1.165, 1.54) is 22.3 Å². The third-order valence-electron chi connectivity index (χ3n) is 6.17. The fourth-order valence-electron chi connectivity index (χ4n) is 4.19. The zero-order chi connectivity index (χ0) is 24.9. The highest BCUT2D eigenvalue weighted by Crippen LogP contribution is 2.05. The predicted octanol–water partition coefficient (Wildman–Crippen LogP) is 0.117. The monoisotopic (exact) mass is 496 g/mol. The van der Waals surface area contributed by atoms with Crippen molar-refractivity contribution >= 4 is 0 Å². The van der Waals surface area contributed by atoms with Gasteiger partial charge in [-0.15, -0.1) is 0 Å². The van der Waals surface area contributed by atoms with Gasteiger partial charge in [0.2, 0.25) is 0 Å². The van der Waals surface area contributed by atoms with E-state index in [1.54, 1.807) is 0 Å². The van der Waals surface area contributed by atoms with Gasteiger partial charge in [-0.3, -0.25) is 0 Å². The van der Waals surface area contributed by atoms with E-state index >= 15 is 0 Å². The average molecular weight is 497 g/mol. The minimum atomic E-state index is 0.909. The Labute approximate surface area is 218 Å². The maximum absolute atomic E-state index is 3.54. The Morgan fingerprint density at radius 3 is 0.778 bits per heavy atom. The molecule has 0 saturated heterocycles. The number of fused-ring (bicyclic) bond motifs is 4. The summed E-state index contributed by atoms with van der Waals surface area (Å²) >= 11 is 0. The maximum atomic E-state index is 3.54. The van der Waals surface area contributed by atoms with Crippen molar-refractivity contribution in [3.05, 3.63) is 70.8 Å². The quantitative estimate of drug-likeness (QED) is 0.261. The van der Waals surface area contributed by atoms with Gasteiger partial charge in [-0.05, 0) is 22.3 Å². The lowest BCUT2D eigenvalue weighted by molar-refractivity contribution is 0.563. The number of rotatable bonds is 0. The largest absolute Gasteiger partial charge is 0.314 e. The Morgan fingerprint density at radius 2 is 0.528 bits per heavy atom. The van der Waals surface area contributed by atoms with Crippen molar-refractivity contribution in [2.75, 3.05) is 78.5 Å². The van der Waals surface area contributed by atoms with Gasteiger partial charge in [-0.1, -0.05) is 48.5 Å². The number of benzene rings is 2. The van der Waals surface area contributed by atoms with Gasteiger partial charge in [-0.2, -0.15) is 0 Å². The molecule has 2 aromatic carbocycles. The highest BCUT2D eigenvalue weighted by molar-refractivity contribution is 5.24. The zero-order valence-electron chi connectivity index (χ0n) is 21.9. The predicted molar refractivity (Wildman–Crippen MR) is 151 cm³/mol. The minimum Gasteiger partial charge on any atom is -0.314 e. The highest BCUT2D eigenvalue weighted by Gasteiger charge is 1.99. The van der Waals surface area contributed by atoms with Crippen molar-refractivity contribution < 1.29 is 0 Å². The molecule has 0 unspecified atom stereocenters. The summed E-state index contributed by atoms with van der Waals surface area (Å²) in [5, 5.41) is 28.2. The molecule has 8 nitrogen and oxygen atoms in total. The van der Waals surface area contributed by atoms with Crippen LogP contribution in [-0.4, -0.2) is 78.5 Å². The van der Waals surface area contributed by atoms with E-state index in [9.17, 15) is 0 Å². The summed E-state index contributed by atoms with van der Waals surface area (Å²) < 4.78 is 0. The van der Waals surface area contributed by atoms with Crippen molar-refractivity contribution in [3.63, 3.8) is 0 Å². The number of nitrogens with one attached hydrogen (secondary N) is 8. The molecule has 1 heterocycles. The molecule has 0 saturated carbocycles. The molecule has 0 atom stereocenters. The second kappa shape index (κ2) is 19.3. The summed E-state index contributed by atoms with van der Waals surface area (Å²) in [4.78, 5) is 0. The molecule has 0 fully saturated rings. The van der Waals surface area contributed by atoms with Crippen LogP contribution in [0, 0.1) is 0 Å². The Bertz CT molecular complexity index is 690. The molecule has 36 heavy (non-hydrogen) atoms. The van der Waals surface area contributed by atoms with Gasteiger partial charge in [0.1, 0.15) is 0 Å². The normalized spacial score (nSPS) is 19.8. The molecule has 4 bridgehead atoms. The molecule has 0 aliphatic carbocycles. The zero-order valence-corrected chi connectivity index (χ0v) is 21.9. The van der Waals surface area contributed by atoms with Crippen LogP contribution in [0.15, 0.2) is 48.5 Å². The van der Waals surface area contributed by atoms with Crippen LogP contribution in [0.4, 0.5) is 0 Å². The van der Waals surface area contributed by atoms with E-state index in [4.69, 9.17) is 0 Å². The molecule has 0 amide bonds. The van der Waals surface area contributed by atoms with Crippen molar-refractivity contribution in [2.45, 2.75) is 26.2 Å². The van der Waals surface area contributed by atoms with E-state index < -0.39 is 0 Å². The first-order chi connectivity index (χ1) is 17.9. The summed E-state index contributed by atoms with van der Waals surface area (Å²) in [6.45, 7) is 15.4. The van der Waals surface area contributed by atoms with Crippen LogP contribution in [0.1, 0.15) is 22.3 Å². The lowest BCUT2D eigenvalue weighted by atomic mass is 10.1. The van der Waals surface area contributed by atoms with Crippen LogP contribution in [-0.2, 0) is 26.2 Å². The molecule has 3 rings (SSSR count). The fraction of sp³-hybridized carbons (Fsp3) is 0.571. The lowest BCUT2D eigenvalue weighted by Gasteiger charge is -2.11. The molecular weight excluding hydrogens is 448 g/mol. The second-order valence-electron chi connectivity index (χ2n) is 9.35. The third-order valence-corrected chi connectivity index (χ3v) is 6.17. The van der Waals surface area contributed by atoms with Gasteiger partial charge < -0.3 is 42.5 Å². The molecule has 0 aromatic heterocycles. The minimum absolute atomic E-state index is 0.909. The molecule has 0 radical (unpaired) electrons. The lowest BCUT2D eigenvalue weighted by Crippen LogP contribution is -2.35. The smallest absolute Gasteiger partial charge is 0.0206 e. The topological polar surface area (TPSA) is 96.2 Å². The van der Waals surface area contributed by atoms with Crippen LogP contribution < -0.4 is 42.5 Å². The Kier molecular flexibility index (Phi) is 15.3. The molecule has 1 aliphatic rings. The summed E-state index contributed by atoms with van der Waals surface area (Å²) in [6.07, 6.45) is 0. The van der Waals surface area contributed by atoms with Gasteiger partial charge >= 0.3 is 0 Å². The Hall–Kier alpha value is -1.88. The van der Waals surface area contributed by atoms with E-state index in [0.717, 1.165) is 105 Å². The van der Waals surface area contributed by atoms with Crippen LogP contribution >= 0.6 is 0 Å². The molecular formula is C28H48N8. The molecule has 200 valence electrons.